The number of halogens is 2. The Morgan fingerprint density at radius 2 is 2.11 bits per heavy atom. The van der Waals surface area contributed by atoms with Crippen molar-refractivity contribution in [1.82, 2.24) is 0 Å². The number of hydrogen-bond donors (Lipinski definition) is 1. The summed E-state index contributed by atoms with van der Waals surface area (Å²) in [6.07, 6.45) is -0.344. The van der Waals surface area contributed by atoms with Gasteiger partial charge < -0.3 is 10.0 Å². The van der Waals surface area contributed by atoms with E-state index in [4.69, 9.17) is 5.11 Å². The smallest absolute Gasteiger partial charge is 0.305 e. The van der Waals surface area contributed by atoms with Gasteiger partial charge in [-0.3, -0.25) is 14.9 Å². The Hall–Kier alpha value is -2.25. The van der Waals surface area contributed by atoms with E-state index in [0.29, 0.717) is 6.07 Å². The van der Waals surface area contributed by atoms with Crippen molar-refractivity contribution in [2.45, 2.75) is 6.42 Å². The van der Waals surface area contributed by atoms with Gasteiger partial charge in [-0.25, -0.2) is 8.78 Å². The van der Waals surface area contributed by atoms with Crippen molar-refractivity contribution >= 4 is 17.3 Å². The standard InChI is InChI=1S/C10H10F2N2O4/c1-13(5-4-8(15)16)10-7(14(17)18)3-2-6(11)9(10)12/h2-3H,4-5H2,1H3,(H,15,16). The lowest BCUT2D eigenvalue weighted by atomic mass is 10.2. The molecule has 1 rings (SSSR count). The van der Waals surface area contributed by atoms with E-state index in [0.717, 1.165) is 11.0 Å². The molecule has 1 aromatic rings. The van der Waals surface area contributed by atoms with Gasteiger partial charge in [0.25, 0.3) is 5.69 Å². The average molecular weight is 260 g/mol. The summed E-state index contributed by atoms with van der Waals surface area (Å²) in [4.78, 5) is 21.2. The normalized spacial score (nSPS) is 10.2. The minimum Gasteiger partial charge on any atom is -0.481 e. The van der Waals surface area contributed by atoms with E-state index in [-0.39, 0.29) is 13.0 Å². The third-order valence-corrected chi connectivity index (χ3v) is 2.29. The predicted octanol–water partition coefficient (Wildman–Crippen LogP) is 1.78. The first kappa shape index (κ1) is 13.8. The lowest BCUT2D eigenvalue weighted by Gasteiger charge is -2.18. The molecule has 0 amide bonds. The SMILES string of the molecule is CN(CCC(=O)O)c1c([N+](=O)[O-])ccc(F)c1F. The lowest BCUT2D eigenvalue weighted by molar-refractivity contribution is -0.384. The monoisotopic (exact) mass is 260 g/mol. The Balaban J connectivity index is 3.15. The molecule has 0 aliphatic carbocycles. The highest BCUT2D eigenvalue weighted by Gasteiger charge is 2.24. The first-order valence-electron chi connectivity index (χ1n) is 4.90. The summed E-state index contributed by atoms with van der Waals surface area (Å²) in [7, 11) is 1.26. The molecular weight excluding hydrogens is 250 g/mol. The molecule has 0 saturated heterocycles. The zero-order valence-corrected chi connectivity index (χ0v) is 9.39. The van der Waals surface area contributed by atoms with E-state index in [9.17, 15) is 23.7 Å². The molecule has 0 radical (unpaired) electrons. The highest BCUT2D eigenvalue weighted by molar-refractivity contribution is 5.69. The number of hydrogen-bond acceptors (Lipinski definition) is 4. The number of carboxylic acid groups (broad SMARTS) is 1. The van der Waals surface area contributed by atoms with Crippen LogP contribution in [0.1, 0.15) is 6.42 Å². The fourth-order valence-electron chi connectivity index (χ4n) is 1.42. The van der Waals surface area contributed by atoms with Crippen LogP contribution in [0, 0.1) is 21.7 Å². The lowest BCUT2D eigenvalue weighted by Crippen LogP contribution is -2.23. The quantitative estimate of drug-likeness (QED) is 0.644. The van der Waals surface area contributed by atoms with Crippen molar-refractivity contribution in [3.05, 3.63) is 33.9 Å². The molecule has 98 valence electrons. The van der Waals surface area contributed by atoms with Crippen LogP contribution >= 0.6 is 0 Å². The Morgan fingerprint density at radius 3 is 2.61 bits per heavy atom. The average Bonchev–Trinajstić information content (AvgIpc) is 2.28. The Labute approximate surface area is 101 Å². The molecule has 0 atom stereocenters. The Kier molecular flexibility index (Phi) is 4.13. The number of rotatable bonds is 5. The van der Waals surface area contributed by atoms with Gasteiger partial charge in [-0.05, 0) is 6.07 Å². The third-order valence-electron chi connectivity index (χ3n) is 2.29. The van der Waals surface area contributed by atoms with E-state index in [2.05, 4.69) is 0 Å². The van der Waals surface area contributed by atoms with E-state index < -0.39 is 33.9 Å². The Morgan fingerprint density at radius 1 is 1.50 bits per heavy atom. The highest BCUT2D eigenvalue weighted by atomic mass is 19.2. The van der Waals surface area contributed by atoms with Crippen LogP contribution in [0.5, 0.6) is 0 Å². The van der Waals surface area contributed by atoms with Gasteiger partial charge >= 0.3 is 5.97 Å². The van der Waals surface area contributed by atoms with Crippen LogP contribution in [-0.4, -0.2) is 29.6 Å². The van der Waals surface area contributed by atoms with Crippen LogP contribution in [0.25, 0.3) is 0 Å². The number of carbonyl (C=O) groups is 1. The second kappa shape index (κ2) is 5.39. The summed E-state index contributed by atoms with van der Waals surface area (Å²) in [6, 6.07) is 1.49. The Bertz CT molecular complexity index is 493. The fraction of sp³-hybridized carbons (Fsp3) is 0.300. The van der Waals surface area contributed by atoms with Gasteiger partial charge in [0.2, 0.25) is 0 Å². The molecule has 0 spiro atoms. The second-order valence-corrected chi connectivity index (χ2v) is 3.55. The predicted molar refractivity (Wildman–Crippen MR) is 58.5 cm³/mol. The summed E-state index contributed by atoms with van der Waals surface area (Å²) in [6.45, 7) is -0.170. The molecule has 0 saturated carbocycles. The van der Waals surface area contributed by atoms with E-state index >= 15 is 0 Å². The molecule has 0 heterocycles. The van der Waals surface area contributed by atoms with Gasteiger partial charge in [0.15, 0.2) is 17.3 Å². The van der Waals surface area contributed by atoms with E-state index in [1.165, 1.54) is 7.05 Å². The largest absolute Gasteiger partial charge is 0.481 e. The van der Waals surface area contributed by atoms with Crippen LogP contribution < -0.4 is 4.90 Å². The van der Waals surface area contributed by atoms with Crippen molar-refractivity contribution in [3.63, 3.8) is 0 Å². The molecule has 0 unspecified atom stereocenters. The number of carboxylic acids is 1. The summed E-state index contributed by atoms with van der Waals surface area (Å²) in [5.74, 6) is -3.73. The molecule has 6 nitrogen and oxygen atoms in total. The molecular formula is C10H10F2N2O4. The minimum absolute atomic E-state index is 0.170. The molecule has 1 N–H and O–H groups in total. The molecule has 1 aromatic carbocycles. The van der Waals surface area contributed by atoms with Gasteiger partial charge in [0.05, 0.1) is 11.3 Å². The topological polar surface area (TPSA) is 83.7 Å². The third kappa shape index (κ3) is 2.90. The molecule has 0 aromatic heterocycles. The molecule has 8 heteroatoms. The summed E-state index contributed by atoms with van der Waals surface area (Å²) in [5, 5.41) is 19.2. The molecule has 0 aliphatic heterocycles. The number of nitro groups is 1. The summed E-state index contributed by atoms with van der Waals surface area (Å²) < 4.78 is 26.6. The molecule has 0 aliphatic rings. The van der Waals surface area contributed by atoms with Crippen LogP contribution in [0.4, 0.5) is 20.2 Å². The highest BCUT2D eigenvalue weighted by Crippen LogP contribution is 2.31. The van der Waals surface area contributed by atoms with Gasteiger partial charge in [-0.1, -0.05) is 0 Å². The minimum atomic E-state index is -1.36. The number of anilines is 1. The maximum Gasteiger partial charge on any atom is 0.305 e. The molecule has 0 bridgehead atoms. The van der Waals surface area contributed by atoms with Crippen molar-refractivity contribution in [1.29, 1.82) is 0 Å². The van der Waals surface area contributed by atoms with Crippen LogP contribution in [0.15, 0.2) is 12.1 Å². The number of nitro benzene ring substituents is 1. The van der Waals surface area contributed by atoms with Crippen LogP contribution in [0.3, 0.4) is 0 Å². The summed E-state index contributed by atoms with van der Waals surface area (Å²) in [5.41, 5.74) is -1.16. The van der Waals surface area contributed by atoms with Gasteiger partial charge in [-0.2, -0.15) is 0 Å². The van der Waals surface area contributed by atoms with Crippen molar-refractivity contribution in [3.8, 4) is 0 Å². The number of benzene rings is 1. The number of nitrogens with zero attached hydrogens (tertiary/aromatic N) is 2. The molecule has 0 fully saturated rings. The van der Waals surface area contributed by atoms with Gasteiger partial charge in [0.1, 0.15) is 0 Å². The van der Waals surface area contributed by atoms with E-state index in [1.807, 2.05) is 0 Å². The van der Waals surface area contributed by atoms with Gasteiger partial charge in [0, 0.05) is 19.7 Å². The zero-order valence-electron chi connectivity index (χ0n) is 9.39. The first-order chi connectivity index (χ1) is 8.34. The summed E-state index contributed by atoms with van der Waals surface area (Å²) >= 11 is 0. The zero-order chi connectivity index (χ0) is 13.9. The van der Waals surface area contributed by atoms with Crippen LogP contribution in [0.2, 0.25) is 0 Å². The van der Waals surface area contributed by atoms with Crippen molar-refractivity contribution in [2.24, 2.45) is 0 Å². The van der Waals surface area contributed by atoms with Crippen molar-refractivity contribution in [2.75, 3.05) is 18.5 Å². The van der Waals surface area contributed by atoms with Gasteiger partial charge in [-0.15, -0.1) is 0 Å². The molecule has 18 heavy (non-hydrogen) atoms. The fourth-order valence-corrected chi connectivity index (χ4v) is 1.42. The number of aliphatic carboxylic acids is 1. The van der Waals surface area contributed by atoms with E-state index in [1.54, 1.807) is 0 Å². The second-order valence-electron chi connectivity index (χ2n) is 3.55. The first-order valence-corrected chi connectivity index (χ1v) is 4.90. The maximum absolute atomic E-state index is 13.5. The van der Waals surface area contributed by atoms with Crippen molar-refractivity contribution < 1.29 is 23.6 Å². The maximum atomic E-state index is 13.5. The van der Waals surface area contributed by atoms with Crippen LogP contribution in [-0.2, 0) is 4.79 Å².